The third-order valence-corrected chi connectivity index (χ3v) is 6.76. The maximum atomic E-state index is 13.2. The van der Waals surface area contributed by atoms with Crippen LogP contribution in [0.4, 0.5) is 10.1 Å². The van der Waals surface area contributed by atoms with Crippen molar-refractivity contribution in [2.75, 3.05) is 31.5 Å². The number of carbonyl (C=O) groups is 1. The number of hydrogen-bond acceptors (Lipinski definition) is 5. The second-order valence-electron chi connectivity index (χ2n) is 9.52. The molecule has 1 fully saturated rings. The van der Waals surface area contributed by atoms with Gasteiger partial charge < -0.3 is 15.0 Å². The highest BCUT2D eigenvalue weighted by molar-refractivity contribution is 6.02. The summed E-state index contributed by atoms with van der Waals surface area (Å²) in [5, 5.41) is 2.88. The maximum Gasteiger partial charge on any atom is 0.274 e. The number of nitrogens with one attached hydrogen (secondary N) is 1. The number of rotatable bonds is 9. The number of halogens is 1. The van der Waals surface area contributed by atoms with E-state index in [9.17, 15) is 9.18 Å². The van der Waals surface area contributed by atoms with Crippen LogP contribution in [0.25, 0.3) is 5.70 Å². The second kappa shape index (κ2) is 12.4. The first-order chi connectivity index (χ1) is 19.0. The Balaban J connectivity index is 1.09. The maximum absolute atomic E-state index is 13.2. The van der Waals surface area contributed by atoms with Crippen molar-refractivity contribution in [1.82, 2.24) is 14.8 Å². The summed E-state index contributed by atoms with van der Waals surface area (Å²) in [6.45, 7) is 9.01. The van der Waals surface area contributed by atoms with Crippen LogP contribution in [0.15, 0.2) is 104 Å². The molecule has 0 saturated carbocycles. The average Bonchev–Trinajstić information content (AvgIpc) is 2.98. The van der Waals surface area contributed by atoms with Gasteiger partial charge in [-0.1, -0.05) is 49.0 Å². The van der Waals surface area contributed by atoms with Crippen LogP contribution in [0.3, 0.4) is 0 Å². The SMILES string of the molecule is C=C(c1ccc(C(=O)Nc2ccc(OCc3ccccc3)cc2)nc1)N1CCN(Cc2ccc(F)cc2)CC1. The summed E-state index contributed by atoms with van der Waals surface area (Å²) in [6, 6.07) is 27.5. The minimum Gasteiger partial charge on any atom is -0.489 e. The fourth-order valence-corrected chi connectivity index (χ4v) is 4.48. The smallest absolute Gasteiger partial charge is 0.274 e. The van der Waals surface area contributed by atoms with Crippen LogP contribution in [0.2, 0.25) is 0 Å². The molecule has 1 aliphatic heterocycles. The topological polar surface area (TPSA) is 57.7 Å². The van der Waals surface area contributed by atoms with Gasteiger partial charge in [0.1, 0.15) is 23.9 Å². The number of hydrogen-bond donors (Lipinski definition) is 1. The molecule has 39 heavy (non-hydrogen) atoms. The number of benzene rings is 3. The monoisotopic (exact) mass is 522 g/mol. The fourth-order valence-electron chi connectivity index (χ4n) is 4.48. The third-order valence-electron chi connectivity index (χ3n) is 6.76. The molecule has 1 aromatic heterocycles. The summed E-state index contributed by atoms with van der Waals surface area (Å²) < 4.78 is 19.0. The normalized spacial score (nSPS) is 13.6. The molecule has 0 atom stereocenters. The Morgan fingerprint density at radius 3 is 2.26 bits per heavy atom. The van der Waals surface area contributed by atoms with Gasteiger partial charge >= 0.3 is 0 Å². The quantitative estimate of drug-likeness (QED) is 0.299. The van der Waals surface area contributed by atoms with Gasteiger partial charge in [-0.05, 0) is 59.7 Å². The Morgan fingerprint density at radius 1 is 0.872 bits per heavy atom. The molecule has 1 aliphatic rings. The molecule has 1 saturated heterocycles. The number of nitrogens with zero attached hydrogens (tertiary/aromatic N) is 3. The number of aromatic nitrogens is 1. The Morgan fingerprint density at radius 2 is 1.59 bits per heavy atom. The van der Waals surface area contributed by atoms with Crippen molar-refractivity contribution in [2.24, 2.45) is 0 Å². The standard InChI is InChI=1S/C32H31FN4O2/c1-24(37-19-17-36(18-20-37)22-25-7-10-28(33)11-8-25)27-9-16-31(34-21-27)32(38)35-29-12-14-30(15-13-29)39-23-26-5-3-2-4-6-26/h2-16,21H,1,17-20,22-23H2,(H,35,38). The molecule has 198 valence electrons. The van der Waals surface area contributed by atoms with E-state index in [4.69, 9.17) is 4.74 Å². The molecule has 1 amide bonds. The molecule has 0 spiro atoms. The van der Waals surface area contributed by atoms with Crippen molar-refractivity contribution in [2.45, 2.75) is 13.2 Å². The van der Waals surface area contributed by atoms with Crippen LogP contribution in [-0.4, -0.2) is 46.9 Å². The van der Waals surface area contributed by atoms with Gasteiger partial charge in [-0.2, -0.15) is 0 Å². The number of carbonyl (C=O) groups excluding carboxylic acids is 1. The van der Waals surface area contributed by atoms with Gasteiger partial charge in [-0.25, -0.2) is 4.39 Å². The Hall–Kier alpha value is -4.49. The zero-order valence-electron chi connectivity index (χ0n) is 21.7. The first kappa shape index (κ1) is 26.1. The Labute approximate surface area is 228 Å². The number of piperazine rings is 1. The lowest BCUT2D eigenvalue weighted by Gasteiger charge is -2.37. The summed E-state index contributed by atoms with van der Waals surface area (Å²) >= 11 is 0. The zero-order chi connectivity index (χ0) is 27.0. The first-order valence-electron chi connectivity index (χ1n) is 13.0. The fraction of sp³-hybridized carbons (Fsp3) is 0.188. The Bertz CT molecular complexity index is 1380. The highest BCUT2D eigenvalue weighted by atomic mass is 19.1. The molecular formula is C32H31FN4O2. The molecule has 0 aliphatic carbocycles. The van der Waals surface area contributed by atoms with Gasteiger partial charge in [0.05, 0.1) is 0 Å². The van der Waals surface area contributed by atoms with Crippen LogP contribution in [0.5, 0.6) is 5.75 Å². The Kier molecular flexibility index (Phi) is 8.29. The summed E-state index contributed by atoms with van der Waals surface area (Å²) in [5.74, 6) is 0.240. The van der Waals surface area contributed by atoms with Gasteiger partial charge in [0.2, 0.25) is 0 Å². The second-order valence-corrected chi connectivity index (χ2v) is 9.52. The highest BCUT2D eigenvalue weighted by Gasteiger charge is 2.19. The number of pyridine rings is 1. The van der Waals surface area contributed by atoms with E-state index >= 15 is 0 Å². The van der Waals surface area contributed by atoms with Crippen molar-refractivity contribution in [1.29, 1.82) is 0 Å². The molecule has 7 heteroatoms. The van der Waals surface area contributed by atoms with Gasteiger partial charge in [0.25, 0.3) is 5.91 Å². The predicted octanol–water partition coefficient (Wildman–Crippen LogP) is 5.84. The lowest BCUT2D eigenvalue weighted by atomic mass is 10.1. The molecule has 0 radical (unpaired) electrons. The van der Waals surface area contributed by atoms with Crippen molar-refractivity contribution in [3.63, 3.8) is 0 Å². The lowest BCUT2D eigenvalue weighted by Crippen LogP contribution is -2.44. The number of ether oxygens (including phenoxy) is 1. The third kappa shape index (κ3) is 7.09. The molecule has 1 N–H and O–H groups in total. The van der Waals surface area contributed by atoms with E-state index in [1.54, 1.807) is 12.3 Å². The summed E-state index contributed by atoms with van der Waals surface area (Å²) in [5.41, 5.74) is 4.98. The van der Waals surface area contributed by atoms with E-state index in [-0.39, 0.29) is 11.7 Å². The first-order valence-corrected chi connectivity index (χ1v) is 13.0. The molecule has 0 bridgehead atoms. The van der Waals surface area contributed by atoms with Crippen molar-refractivity contribution in [3.8, 4) is 5.75 Å². The van der Waals surface area contributed by atoms with Gasteiger partial charge in [0, 0.05) is 55.9 Å². The highest BCUT2D eigenvalue weighted by Crippen LogP contribution is 2.21. The molecule has 6 nitrogen and oxygen atoms in total. The van der Waals surface area contributed by atoms with Gasteiger partial charge in [0.15, 0.2) is 0 Å². The lowest BCUT2D eigenvalue weighted by molar-refractivity contribution is 0.102. The van der Waals surface area contributed by atoms with Gasteiger partial charge in [-0.3, -0.25) is 14.7 Å². The number of anilines is 1. The predicted molar refractivity (Wildman–Crippen MR) is 152 cm³/mol. The van der Waals surface area contributed by atoms with Crippen LogP contribution >= 0.6 is 0 Å². The van der Waals surface area contributed by atoms with Crippen molar-refractivity contribution in [3.05, 3.63) is 132 Å². The van der Waals surface area contributed by atoms with E-state index in [2.05, 4.69) is 26.7 Å². The summed E-state index contributed by atoms with van der Waals surface area (Å²) in [6.07, 6.45) is 1.70. The molecule has 2 heterocycles. The van der Waals surface area contributed by atoms with E-state index < -0.39 is 0 Å². The van der Waals surface area contributed by atoms with Crippen LogP contribution in [0, 0.1) is 5.82 Å². The van der Waals surface area contributed by atoms with Crippen LogP contribution in [-0.2, 0) is 13.2 Å². The van der Waals surface area contributed by atoms with Crippen LogP contribution < -0.4 is 10.1 Å². The minimum atomic E-state index is -0.278. The van der Waals surface area contributed by atoms with E-state index in [1.807, 2.05) is 72.8 Å². The van der Waals surface area contributed by atoms with Crippen molar-refractivity contribution < 1.29 is 13.9 Å². The van der Waals surface area contributed by atoms with E-state index in [0.29, 0.717) is 18.0 Å². The molecule has 4 aromatic rings. The molecule has 0 unspecified atom stereocenters. The van der Waals surface area contributed by atoms with Crippen molar-refractivity contribution >= 4 is 17.3 Å². The summed E-state index contributed by atoms with van der Waals surface area (Å²) in [7, 11) is 0. The molecule has 5 rings (SSSR count). The van der Waals surface area contributed by atoms with Gasteiger partial charge in [-0.15, -0.1) is 0 Å². The number of amides is 1. The minimum absolute atomic E-state index is 0.212. The largest absolute Gasteiger partial charge is 0.489 e. The van der Waals surface area contributed by atoms with Crippen LogP contribution in [0.1, 0.15) is 27.2 Å². The zero-order valence-corrected chi connectivity index (χ0v) is 21.7. The average molecular weight is 523 g/mol. The molecule has 3 aromatic carbocycles. The molecular weight excluding hydrogens is 491 g/mol. The van der Waals surface area contributed by atoms with E-state index in [0.717, 1.165) is 60.9 Å². The van der Waals surface area contributed by atoms with E-state index in [1.165, 1.54) is 12.1 Å². The summed E-state index contributed by atoms with van der Waals surface area (Å²) in [4.78, 5) is 21.7.